The van der Waals surface area contributed by atoms with Crippen LogP contribution in [0.1, 0.15) is 24.8 Å². The molecule has 1 aliphatic heterocycles. The third-order valence-corrected chi connectivity index (χ3v) is 4.92. The van der Waals surface area contributed by atoms with E-state index in [0.717, 1.165) is 5.56 Å². The summed E-state index contributed by atoms with van der Waals surface area (Å²) in [5, 5.41) is 22.9. The van der Waals surface area contributed by atoms with Crippen molar-refractivity contribution >= 4 is 29.7 Å². The molecular formula is C20H26N4O7. The van der Waals surface area contributed by atoms with Crippen LogP contribution in [0.3, 0.4) is 0 Å². The van der Waals surface area contributed by atoms with E-state index in [9.17, 15) is 29.1 Å². The van der Waals surface area contributed by atoms with Crippen LogP contribution in [0.15, 0.2) is 30.3 Å². The van der Waals surface area contributed by atoms with Crippen LogP contribution in [0, 0.1) is 0 Å². The van der Waals surface area contributed by atoms with Gasteiger partial charge in [0, 0.05) is 13.0 Å². The molecule has 3 amide bonds. The van der Waals surface area contributed by atoms with Crippen molar-refractivity contribution in [2.75, 3.05) is 13.1 Å². The number of likely N-dealkylation sites (tertiary alicyclic amines) is 1. The Hall–Kier alpha value is -3.47. The van der Waals surface area contributed by atoms with Crippen molar-refractivity contribution in [2.45, 2.75) is 43.8 Å². The molecule has 1 heterocycles. The minimum Gasteiger partial charge on any atom is -0.481 e. The van der Waals surface area contributed by atoms with Gasteiger partial charge in [-0.3, -0.25) is 19.2 Å². The van der Waals surface area contributed by atoms with Crippen LogP contribution in [0.4, 0.5) is 0 Å². The van der Waals surface area contributed by atoms with Crippen molar-refractivity contribution in [1.29, 1.82) is 0 Å². The summed E-state index contributed by atoms with van der Waals surface area (Å²) in [6.07, 6.45) is 0.400. The summed E-state index contributed by atoms with van der Waals surface area (Å²) in [4.78, 5) is 60.5. The number of carboxylic acid groups (broad SMARTS) is 2. The van der Waals surface area contributed by atoms with Crippen LogP contribution < -0.4 is 16.4 Å². The van der Waals surface area contributed by atoms with Gasteiger partial charge in [-0.1, -0.05) is 30.3 Å². The summed E-state index contributed by atoms with van der Waals surface area (Å²) < 4.78 is 0. The van der Waals surface area contributed by atoms with Gasteiger partial charge in [-0.2, -0.15) is 0 Å². The number of rotatable bonds is 10. The minimum absolute atomic E-state index is 0.0911. The molecule has 0 bridgehead atoms. The standard InChI is InChI=1S/C20H26N4O7/c21-13(10-17(26)27)18(28)23-14(9-12-5-2-1-3-6-12)19(29)22-11-16(25)24-8-4-7-15(24)20(30)31/h1-3,5-6,13-15H,4,7-11,21H2,(H,22,29)(H,23,28)(H,26,27)(H,30,31). The Morgan fingerprint density at radius 2 is 1.77 bits per heavy atom. The maximum atomic E-state index is 12.7. The maximum absolute atomic E-state index is 12.7. The number of hydrogen-bond acceptors (Lipinski definition) is 6. The molecule has 1 aliphatic rings. The Morgan fingerprint density at radius 3 is 2.39 bits per heavy atom. The van der Waals surface area contributed by atoms with Crippen molar-refractivity contribution < 1.29 is 34.2 Å². The molecule has 2 rings (SSSR count). The maximum Gasteiger partial charge on any atom is 0.326 e. The Kier molecular flexibility index (Phi) is 8.50. The monoisotopic (exact) mass is 434 g/mol. The minimum atomic E-state index is -1.34. The quantitative estimate of drug-likeness (QED) is 0.302. The van der Waals surface area contributed by atoms with E-state index in [4.69, 9.17) is 10.8 Å². The molecule has 11 heteroatoms. The number of carbonyl (C=O) groups excluding carboxylic acids is 3. The molecule has 3 atom stereocenters. The molecule has 168 valence electrons. The van der Waals surface area contributed by atoms with Crippen molar-refractivity contribution in [2.24, 2.45) is 5.73 Å². The summed E-state index contributed by atoms with van der Waals surface area (Å²) in [5.74, 6) is -4.37. The number of amides is 3. The van der Waals surface area contributed by atoms with Gasteiger partial charge in [-0.25, -0.2) is 4.79 Å². The second-order valence-corrected chi connectivity index (χ2v) is 7.26. The first-order chi connectivity index (χ1) is 14.7. The first-order valence-electron chi connectivity index (χ1n) is 9.80. The molecule has 6 N–H and O–H groups in total. The second kappa shape index (κ2) is 11.1. The first-order valence-corrected chi connectivity index (χ1v) is 9.80. The summed E-state index contributed by atoms with van der Waals surface area (Å²) in [7, 11) is 0. The molecule has 31 heavy (non-hydrogen) atoms. The van der Waals surface area contributed by atoms with Crippen LogP contribution >= 0.6 is 0 Å². The molecule has 3 unspecified atom stereocenters. The highest BCUT2D eigenvalue weighted by Crippen LogP contribution is 2.17. The van der Waals surface area contributed by atoms with Crippen molar-refractivity contribution in [3.8, 4) is 0 Å². The summed E-state index contributed by atoms with van der Waals surface area (Å²) in [6.45, 7) is -0.134. The zero-order valence-electron chi connectivity index (χ0n) is 16.8. The molecule has 1 saturated heterocycles. The van der Waals surface area contributed by atoms with Crippen molar-refractivity contribution in [3.63, 3.8) is 0 Å². The lowest BCUT2D eigenvalue weighted by Crippen LogP contribution is -2.54. The van der Waals surface area contributed by atoms with E-state index in [1.165, 1.54) is 4.90 Å². The fourth-order valence-corrected chi connectivity index (χ4v) is 3.33. The van der Waals surface area contributed by atoms with Gasteiger partial charge in [-0.05, 0) is 18.4 Å². The highest BCUT2D eigenvalue weighted by Gasteiger charge is 2.34. The molecule has 11 nitrogen and oxygen atoms in total. The number of hydrogen-bond donors (Lipinski definition) is 5. The molecule has 0 aliphatic carbocycles. The molecule has 1 aromatic carbocycles. The number of carbonyl (C=O) groups is 5. The van der Waals surface area contributed by atoms with Crippen LogP contribution in [0.5, 0.6) is 0 Å². The fourth-order valence-electron chi connectivity index (χ4n) is 3.33. The van der Waals surface area contributed by atoms with Crippen LogP contribution in [0.2, 0.25) is 0 Å². The van der Waals surface area contributed by atoms with E-state index in [1.807, 2.05) is 0 Å². The fraction of sp³-hybridized carbons (Fsp3) is 0.450. The van der Waals surface area contributed by atoms with E-state index < -0.39 is 60.8 Å². The third-order valence-electron chi connectivity index (χ3n) is 4.92. The summed E-state index contributed by atoms with van der Waals surface area (Å²) in [5.41, 5.74) is 6.30. The number of aliphatic carboxylic acids is 2. The van der Waals surface area contributed by atoms with E-state index in [0.29, 0.717) is 19.4 Å². The summed E-state index contributed by atoms with van der Waals surface area (Å²) >= 11 is 0. The lowest BCUT2D eigenvalue weighted by molar-refractivity contribution is -0.148. The van der Waals surface area contributed by atoms with Gasteiger partial charge in [0.25, 0.3) is 0 Å². The van der Waals surface area contributed by atoms with E-state index in [2.05, 4.69) is 10.6 Å². The van der Waals surface area contributed by atoms with Gasteiger partial charge in [0.2, 0.25) is 17.7 Å². The first kappa shape index (κ1) is 23.8. The lowest BCUT2D eigenvalue weighted by atomic mass is 10.0. The number of carboxylic acids is 2. The van der Waals surface area contributed by atoms with Gasteiger partial charge in [0.05, 0.1) is 19.0 Å². The summed E-state index contributed by atoms with van der Waals surface area (Å²) in [6, 6.07) is 5.43. The topological polar surface area (TPSA) is 179 Å². The lowest BCUT2D eigenvalue weighted by Gasteiger charge is -2.23. The van der Waals surface area contributed by atoms with Gasteiger partial charge < -0.3 is 31.5 Å². The number of nitrogens with two attached hydrogens (primary N) is 1. The van der Waals surface area contributed by atoms with Gasteiger partial charge in [0.1, 0.15) is 12.1 Å². The molecule has 0 saturated carbocycles. The van der Waals surface area contributed by atoms with E-state index in [-0.39, 0.29) is 6.42 Å². The Balaban J connectivity index is 2.03. The zero-order valence-corrected chi connectivity index (χ0v) is 16.8. The molecule has 1 fully saturated rings. The molecule has 0 radical (unpaired) electrons. The highest BCUT2D eigenvalue weighted by atomic mass is 16.4. The number of nitrogens with one attached hydrogen (secondary N) is 2. The molecule has 1 aromatic rings. The van der Waals surface area contributed by atoms with Crippen molar-refractivity contribution in [3.05, 3.63) is 35.9 Å². The Morgan fingerprint density at radius 1 is 1.10 bits per heavy atom. The zero-order chi connectivity index (χ0) is 23.0. The average Bonchev–Trinajstić information content (AvgIpc) is 3.22. The highest BCUT2D eigenvalue weighted by molar-refractivity contribution is 5.93. The number of nitrogens with zero attached hydrogens (tertiary/aromatic N) is 1. The largest absolute Gasteiger partial charge is 0.481 e. The van der Waals surface area contributed by atoms with E-state index >= 15 is 0 Å². The number of benzene rings is 1. The normalized spacial score (nSPS) is 17.5. The molecule has 0 spiro atoms. The SMILES string of the molecule is NC(CC(=O)O)C(=O)NC(Cc1ccccc1)C(=O)NCC(=O)N1CCCC1C(=O)O. The average molecular weight is 434 g/mol. The van der Waals surface area contributed by atoms with Crippen LogP contribution in [-0.2, 0) is 30.4 Å². The molecule has 0 aromatic heterocycles. The second-order valence-electron chi connectivity index (χ2n) is 7.26. The van der Waals surface area contributed by atoms with Gasteiger partial charge >= 0.3 is 11.9 Å². The Bertz CT molecular complexity index is 830. The van der Waals surface area contributed by atoms with Crippen LogP contribution in [0.25, 0.3) is 0 Å². The Labute approximate surface area is 178 Å². The third kappa shape index (κ3) is 7.07. The predicted octanol–water partition coefficient (Wildman–Crippen LogP) is -1.29. The van der Waals surface area contributed by atoms with E-state index in [1.54, 1.807) is 30.3 Å². The van der Waals surface area contributed by atoms with Gasteiger partial charge in [0.15, 0.2) is 0 Å². The predicted molar refractivity (Wildman–Crippen MR) is 108 cm³/mol. The van der Waals surface area contributed by atoms with Crippen molar-refractivity contribution in [1.82, 2.24) is 15.5 Å². The van der Waals surface area contributed by atoms with Crippen LogP contribution in [-0.4, -0.2) is 76.0 Å². The molecular weight excluding hydrogens is 408 g/mol. The van der Waals surface area contributed by atoms with Gasteiger partial charge in [-0.15, -0.1) is 0 Å². The smallest absolute Gasteiger partial charge is 0.326 e.